The van der Waals surface area contributed by atoms with Crippen LogP contribution in [0.1, 0.15) is 69.8 Å². The Morgan fingerprint density at radius 2 is 1.11 bits per heavy atom. The molecule has 2 N–H and O–H groups in total. The molecule has 0 heterocycles. The van der Waals surface area contributed by atoms with E-state index in [1.807, 2.05) is 0 Å². The van der Waals surface area contributed by atoms with E-state index in [-0.39, 0.29) is 5.54 Å². The molecule has 1 aliphatic rings. The maximum atomic E-state index is 6.72. The van der Waals surface area contributed by atoms with Crippen LogP contribution in [0.3, 0.4) is 0 Å². The van der Waals surface area contributed by atoms with E-state index in [0.29, 0.717) is 0 Å². The zero-order valence-corrected chi connectivity index (χ0v) is 11.5. The lowest BCUT2D eigenvalue weighted by atomic mass is 9.81. The highest BCUT2D eigenvalue weighted by Crippen LogP contribution is 2.31. The van der Waals surface area contributed by atoms with Crippen LogP contribution < -0.4 is 5.73 Å². The van der Waals surface area contributed by atoms with Crippen molar-refractivity contribution in [3.05, 3.63) is 35.9 Å². The third-order valence-electron chi connectivity index (χ3n) is 4.34. The minimum absolute atomic E-state index is 0.0778. The largest absolute Gasteiger partial charge is 0.321 e. The summed E-state index contributed by atoms with van der Waals surface area (Å²) in [7, 11) is 0. The summed E-state index contributed by atoms with van der Waals surface area (Å²) < 4.78 is 0. The Morgan fingerprint density at radius 3 is 1.61 bits per heavy atom. The lowest BCUT2D eigenvalue weighted by Crippen LogP contribution is -2.36. The fraction of sp³-hybridized carbons (Fsp3) is 0.647. The van der Waals surface area contributed by atoms with E-state index in [4.69, 9.17) is 5.73 Å². The normalized spacial score (nSPS) is 22.1. The summed E-state index contributed by atoms with van der Waals surface area (Å²) in [4.78, 5) is 0. The Labute approximate surface area is 112 Å². The molecule has 0 spiro atoms. The molecule has 1 heteroatoms. The van der Waals surface area contributed by atoms with E-state index in [0.717, 1.165) is 12.8 Å². The summed E-state index contributed by atoms with van der Waals surface area (Å²) in [6.07, 6.45) is 13.2. The van der Waals surface area contributed by atoms with Gasteiger partial charge in [0.1, 0.15) is 0 Å². The van der Waals surface area contributed by atoms with Gasteiger partial charge in [0.2, 0.25) is 0 Å². The smallest absolute Gasteiger partial charge is 0.0409 e. The molecule has 0 aliphatic heterocycles. The highest BCUT2D eigenvalue weighted by Gasteiger charge is 2.26. The minimum Gasteiger partial charge on any atom is -0.321 e. The molecule has 0 bridgehead atoms. The zero-order valence-electron chi connectivity index (χ0n) is 11.5. The molecule has 100 valence electrons. The van der Waals surface area contributed by atoms with Crippen LogP contribution in [0, 0.1) is 0 Å². The third-order valence-corrected chi connectivity index (χ3v) is 4.34. The van der Waals surface area contributed by atoms with E-state index in [2.05, 4.69) is 30.3 Å². The predicted octanol–water partition coefficient (Wildman–Crippen LogP) is 4.76. The topological polar surface area (TPSA) is 26.0 Å². The number of hydrogen-bond donors (Lipinski definition) is 1. The quantitative estimate of drug-likeness (QED) is 0.758. The van der Waals surface area contributed by atoms with Crippen molar-refractivity contribution in [2.45, 2.75) is 69.7 Å². The number of benzene rings is 1. The average Bonchev–Trinajstić information content (AvgIpc) is 2.46. The van der Waals surface area contributed by atoms with Crippen molar-refractivity contribution < 1.29 is 0 Å². The van der Waals surface area contributed by atoms with Gasteiger partial charge in [0.15, 0.2) is 0 Å². The van der Waals surface area contributed by atoms with Gasteiger partial charge in [0, 0.05) is 5.54 Å². The molecule has 0 atom stereocenters. The lowest BCUT2D eigenvalue weighted by molar-refractivity contribution is 0.350. The first-order chi connectivity index (χ1) is 8.81. The first kappa shape index (κ1) is 13.6. The lowest BCUT2D eigenvalue weighted by Gasteiger charge is -2.30. The van der Waals surface area contributed by atoms with Gasteiger partial charge < -0.3 is 5.73 Å². The van der Waals surface area contributed by atoms with Crippen LogP contribution in [0.5, 0.6) is 0 Å². The van der Waals surface area contributed by atoms with Gasteiger partial charge in [0.25, 0.3) is 0 Å². The molecule has 0 saturated heterocycles. The van der Waals surface area contributed by atoms with Crippen molar-refractivity contribution in [3.63, 3.8) is 0 Å². The maximum Gasteiger partial charge on any atom is 0.0409 e. The summed E-state index contributed by atoms with van der Waals surface area (Å²) in [6.45, 7) is 0. The van der Waals surface area contributed by atoms with Crippen LogP contribution in [-0.4, -0.2) is 0 Å². The van der Waals surface area contributed by atoms with Crippen molar-refractivity contribution >= 4 is 0 Å². The van der Waals surface area contributed by atoms with Gasteiger partial charge >= 0.3 is 0 Å². The van der Waals surface area contributed by atoms with Crippen molar-refractivity contribution in [2.75, 3.05) is 0 Å². The van der Waals surface area contributed by atoms with E-state index in [1.54, 1.807) is 0 Å². The summed E-state index contributed by atoms with van der Waals surface area (Å²) >= 11 is 0. The Balaban J connectivity index is 2.05. The van der Waals surface area contributed by atoms with Crippen LogP contribution >= 0.6 is 0 Å². The molecular weight excluding hydrogens is 218 g/mol. The molecule has 1 aliphatic carbocycles. The molecule has 0 aromatic heterocycles. The van der Waals surface area contributed by atoms with Gasteiger partial charge in [-0.1, -0.05) is 81.7 Å². The molecule has 18 heavy (non-hydrogen) atoms. The highest BCUT2D eigenvalue weighted by molar-refractivity contribution is 5.23. The monoisotopic (exact) mass is 245 g/mol. The molecule has 0 radical (unpaired) electrons. The Morgan fingerprint density at radius 1 is 0.667 bits per heavy atom. The Hall–Kier alpha value is -0.820. The van der Waals surface area contributed by atoms with Gasteiger partial charge in [-0.2, -0.15) is 0 Å². The van der Waals surface area contributed by atoms with E-state index in [9.17, 15) is 0 Å². The average molecular weight is 245 g/mol. The molecule has 1 aromatic rings. The van der Waals surface area contributed by atoms with E-state index >= 15 is 0 Å². The number of hydrogen-bond acceptors (Lipinski definition) is 1. The molecule has 1 nitrogen and oxygen atoms in total. The highest BCUT2D eigenvalue weighted by atomic mass is 14.7. The van der Waals surface area contributed by atoms with Gasteiger partial charge in [-0.3, -0.25) is 0 Å². The van der Waals surface area contributed by atoms with E-state index in [1.165, 1.54) is 56.9 Å². The van der Waals surface area contributed by atoms with Crippen LogP contribution in [-0.2, 0) is 5.54 Å². The summed E-state index contributed by atoms with van der Waals surface area (Å²) in [5.74, 6) is 0. The zero-order chi connectivity index (χ0) is 12.7. The first-order valence-corrected chi connectivity index (χ1v) is 7.66. The first-order valence-electron chi connectivity index (χ1n) is 7.66. The number of nitrogens with two attached hydrogens (primary N) is 1. The van der Waals surface area contributed by atoms with Gasteiger partial charge in [0.05, 0.1) is 0 Å². The summed E-state index contributed by atoms with van der Waals surface area (Å²) in [5.41, 5.74) is 7.98. The van der Waals surface area contributed by atoms with Crippen molar-refractivity contribution in [3.8, 4) is 0 Å². The Bertz CT molecular complexity index is 319. The second-order valence-electron chi connectivity index (χ2n) is 5.85. The SMILES string of the molecule is NC1(c2ccccc2)CCCCCCCCCC1. The summed E-state index contributed by atoms with van der Waals surface area (Å²) in [6, 6.07) is 10.7. The fourth-order valence-electron chi connectivity index (χ4n) is 3.13. The van der Waals surface area contributed by atoms with Gasteiger partial charge in [-0.15, -0.1) is 0 Å². The van der Waals surface area contributed by atoms with E-state index < -0.39 is 0 Å². The predicted molar refractivity (Wildman–Crippen MR) is 78.5 cm³/mol. The second kappa shape index (κ2) is 6.94. The van der Waals surface area contributed by atoms with Crippen molar-refractivity contribution in [1.29, 1.82) is 0 Å². The van der Waals surface area contributed by atoms with Crippen LogP contribution in [0.2, 0.25) is 0 Å². The standard InChI is InChI=1S/C17H27N/c18-17(16-12-8-7-9-13-16)14-10-5-3-1-2-4-6-11-15-17/h7-9,12-13H,1-6,10-11,14-15,18H2. The molecule has 1 aromatic carbocycles. The molecule has 1 fully saturated rings. The Kier molecular flexibility index (Phi) is 5.25. The molecule has 0 unspecified atom stereocenters. The van der Waals surface area contributed by atoms with Gasteiger partial charge in [-0.25, -0.2) is 0 Å². The van der Waals surface area contributed by atoms with Crippen molar-refractivity contribution in [2.24, 2.45) is 5.73 Å². The number of rotatable bonds is 1. The van der Waals surface area contributed by atoms with Gasteiger partial charge in [-0.05, 0) is 18.4 Å². The fourth-order valence-corrected chi connectivity index (χ4v) is 3.13. The third kappa shape index (κ3) is 3.84. The minimum atomic E-state index is -0.0778. The maximum absolute atomic E-state index is 6.72. The molecular formula is C17H27N. The summed E-state index contributed by atoms with van der Waals surface area (Å²) in [5, 5.41) is 0. The van der Waals surface area contributed by atoms with Crippen molar-refractivity contribution in [1.82, 2.24) is 0 Å². The van der Waals surface area contributed by atoms with Crippen LogP contribution in [0.4, 0.5) is 0 Å². The second-order valence-corrected chi connectivity index (χ2v) is 5.85. The van der Waals surface area contributed by atoms with Crippen LogP contribution in [0.15, 0.2) is 30.3 Å². The molecule has 0 amide bonds. The molecule has 1 saturated carbocycles. The van der Waals surface area contributed by atoms with Crippen LogP contribution in [0.25, 0.3) is 0 Å². The molecule has 2 rings (SSSR count).